The first-order valence-electron chi connectivity index (χ1n) is 7.95. The number of thiophene rings is 1. The Kier molecular flexibility index (Phi) is 3.55. The Labute approximate surface area is 128 Å². The number of rotatable bonds is 3. The molecule has 0 aromatic carbocycles. The van der Waals surface area contributed by atoms with Gasteiger partial charge in [0.2, 0.25) is 0 Å². The molecule has 2 aromatic heterocycles. The lowest BCUT2D eigenvalue weighted by Crippen LogP contribution is -2.19. The third-order valence-corrected chi connectivity index (χ3v) is 5.63. The molecule has 1 saturated heterocycles. The molecule has 4 rings (SSSR count). The Bertz CT molecular complexity index is 661. The lowest BCUT2D eigenvalue weighted by Gasteiger charge is -2.15. The highest BCUT2D eigenvalue weighted by atomic mass is 32.1. The summed E-state index contributed by atoms with van der Waals surface area (Å²) < 4.78 is 5.71. The van der Waals surface area contributed by atoms with Gasteiger partial charge in [-0.15, -0.1) is 11.3 Å². The van der Waals surface area contributed by atoms with E-state index in [0.717, 1.165) is 36.0 Å². The molecule has 0 spiro atoms. The largest absolute Gasteiger partial charge is 0.376 e. The summed E-state index contributed by atoms with van der Waals surface area (Å²) in [6.07, 6.45) is 7.66. The monoisotopic (exact) mass is 303 g/mol. The summed E-state index contributed by atoms with van der Waals surface area (Å²) in [6, 6.07) is 0. The molecule has 1 aliphatic heterocycles. The molecular weight excluding hydrogens is 282 g/mol. The van der Waals surface area contributed by atoms with E-state index in [-0.39, 0.29) is 0 Å². The molecule has 2 aromatic rings. The van der Waals surface area contributed by atoms with E-state index in [1.165, 1.54) is 47.9 Å². The lowest BCUT2D eigenvalue weighted by atomic mass is 9.97. The summed E-state index contributed by atoms with van der Waals surface area (Å²) in [4.78, 5) is 12.0. The number of hydrogen-bond acceptors (Lipinski definition) is 5. The number of anilines is 1. The quantitative estimate of drug-likeness (QED) is 0.943. The van der Waals surface area contributed by atoms with Crippen molar-refractivity contribution in [2.75, 3.05) is 18.5 Å². The first-order valence-corrected chi connectivity index (χ1v) is 8.77. The van der Waals surface area contributed by atoms with E-state index in [1.807, 2.05) is 18.3 Å². The minimum absolute atomic E-state index is 0.338. The number of ether oxygens (including phenoxy) is 1. The van der Waals surface area contributed by atoms with Gasteiger partial charge in [-0.1, -0.05) is 0 Å². The van der Waals surface area contributed by atoms with E-state index in [9.17, 15) is 0 Å². The normalized spacial score (nSPS) is 21.7. The highest BCUT2D eigenvalue weighted by molar-refractivity contribution is 7.19. The minimum atomic E-state index is 0.338. The molecule has 1 N–H and O–H groups in total. The van der Waals surface area contributed by atoms with Gasteiger partial charge in [0.25, 0.3) is 0 Å². The van der Waals surface area contributed by atoms with Crippen LogP contribution < -0.4 is 5.32 Å². The van der Waals surface area contributed by atoms with Gasteiger partial charge in [-0.25, -0.2) is 9.97 Å². The van der Waals surface area contributed by atoms with Gasteiger partial charge in [-0.05, 0) is 51.0 Å². The smallest absolute Gasteiger partial charge is 0.138 e. The second-order valence-corrected chi connectivity index (χ2v) is 7.11. The fraction of sp³-hybridized carbons (Fsp3) is 0.625. The molecule has 5 heteroatoms. The summed E-state index contributed by atoms with van der Waals surface area (Å²) in [5.41, 5.74) is 1.50. The molecular formula is C16H21N3OS. The van der Waals surface area contributed by atoms with E-state index in [2.05, 4.69) is 15.3 Å². The van der Waals surface area contributed by atoms with Crippen LogP contribution in [0.5, 0.6) is 0 Å². The Morgan fingerprint density at radius 1 is 1.24 bits per heavy atom. The van der Waals surface area contributed by atoms with Crippen LogP contribution in [0, 0.1) is 6.92 Å². The predicted octanol–water partition coefficient (Wildman–Crippen LogP) is 3.47. The van der Waals surface area contributed by atoms with E-state index >= 15 is 0 Å². The van der Waals surface area contributed by atoms with Crippen LogP contribution in [0.3, 0.4) is 0 Å². The number of hydrogen-bond donors (Lipinski definition) is 1. The maximum absolute atomic E-state index is 5.71. The van der Waals surface area contributed by atoms with Gasteiger partial charge >= 0.3 is 0 Å². The number of aromatic nitrogens is 2. The zero-order valence-corrected chi connectivity index (χ0v) is 13.3. The Hall–Kier alpha value is -1.20. The fourth-order valence-corrected chi connectivity index (χ4v) is 4.71. The highest BCUT2D eigenvalue weighted by Crippen LogP contribution is 2.38. The summed E-state index contributed by atoms with van der Waals surface area (Å²) in [5, 5.41) is 4.81. The molecule has 112 valence electrons. The van der Waals surface area contributed by atoms with Crippen LogP contribution >= 0.6 is 11.3 Å². The SMILES string of the molecule is Cc1nc(NC[C@H]2CCCO2)c2c3c(sc2n1)CCCC3. The molecule has 0 amide bonds. The van der Waals surface area contributed by atoms with Crippen molar-refractivity contribution in [1.82, 2.24) is 9.97 Å². The number of fused-ring (bicyclic) bond motifs is 3. The van der Waals surface area contributed by atoms with Gasteiger partial charge < -0.3 is 10.1 Å². The number of nitrogens with one attached hydrogen (secondary N) is 1. The number of nitrogens with zero attached hydrogens (tertiary/aromatic N) is 2. The zero-order valence-electron chi connectivity index (χ0n) is 12.4. The molecule has 0 saturated carbocycles. The van der Waals surface area contributed by atoms with Gasteiger partial charge in [0.1, 0.15) is 16.5 Å². The van der Waals surface area contributed by atoms with Crippen LogP contribution in [0.4, 0.5) is 5.82 Å². The summed E-state index contributed by atoms with van der Waals surface area (Å²) in [6.45, 7) is 3.74. The van der Waals surface area contributed by atoms with Crippen molar-refractivity contribution >= 4 is 27.4 Å². The first kappa shape index (κ1) is 13.5. The Morgan fingerprint density at radius 3 is 3.00 bits per heavy atom. The van der Waals surface area contributed by atoms with Crippen LogP contribution in [-0.2, 0) is 17.6 Å². The fourth-order valence-electron chi connectivity index (χ4n) is 3.41. The minimum Gasteiger partial charge on any atom is -0.376 e. The van der Waals surface area contributed by atoms with Gasteiger partial charge in [0.05, 0.1) is 11.5 Å². The molecule has 3 heterocycles. The van der Waals surface area contributed by atoms with E-state index < -0.39 is 0 Å². The van der Waals surface area contributed by atoms with E-state index in [4.69, 9.17) is 4.74 Å². The summed E-state index contributed by atoms with van der Waals surface area (Å²) in [5.74, 6) is 1.88. The van der Waals surface area contributed by atoms with Crippen molar-refractivity contribution in [1.29, 1.82) is 0 Å². The molecule has 1 atom stereocenters. The van der Waals surface area contributed by atoms with Crippen LogP contribution in [-0.4, -0.2) is 29.2 Å². The van der Waals surface area contributed by atoms with E-state index in [0.29, 0.717) is 6.10 Å². The molecule has 0 bridgehead atoms. The lowest BCUT2D eigenvalue weighted by molar-refractivity contribution is 0.120. The van der Waals surface area contributed by atoms with Crippen LogP contribution in [0.25, 0.3) is 10.2 Å². The highest BCUT2D eigenvalue weighted by Gasteiger charge is 2.21. The third-order valence-electron chi connectivity index (χ3n) is 4.45. The van der Waals surface area contributed by atoms with Gasteiger partial charge in [-0.3, -0.25) is 0 Å². The van der Waals surface area contributed by atoms with Crippen molar-refractivity contribution in [2.24, 2.45) is 0 Å². The summed E-state index contributed by atoms with van der Waals surface area (Å²) in [7, 11) is 0. The van der Waals surface area contributed by atoms with Crippen molar-refractivity contribution in [3.05, 3.63) is 16.3 Å². The topological polar surface area (TPSA) is 47.0 Å². The molecule has 4 nitrogen and oxygen atoms in total. The third kappa shape index (κ3) is 2.53. The van der Waals surface area contributed by atoms with E-state index in [1.54, 1.807) is 0 Å². The van der Waals surface area contributed by atoms with Crippen LogP contribution in [0.15, 0.2) is 0 Å². The average molecular weight is 303 g/mol. The molecule has 2 aliphatic rings. The maximum Gasteiger partial charge on any atom is 0.138 e. The van der Waals surface area contributed by atoms with Gasteiger partial charge in [0.15, 0.2) is 0 Å². The van der Waals surface area contributed by atoms with Crippen LogP contribution in [0.1, 0.15) is 41.9 Å². The van der Waals surface area contributed by atoms with Gasteiger partial charge in [-0.2, -0.15) is 0 Å². The van der Waals surface area contributed by atoms with Crippen molar-refractivity contribution in [3.8, 4) is 0 Å². The second kappa shape index (κ2) is 5.54. The average Bonchev–Trinajstić information content (AvgIpc) is 3.11. The van der Waals surface area contributed by atoms with Gasteiger partial charge in [0, 0.05) is 18.0 Å². The maximum atomic E-state index is 5.71. The standard InChI is InChI=1S/C16H21N3OS/c1-10-18-15(17-9-11-5-4-8-20-11)14-12-6-2-3-7-13(12)21-16(14)19-10/h11H,2-9H2,1H3,(H,17,18,19)/t11-/m1/s1. The van der Waals surface area contributed by atoms with Crippen molar-refractivity contribution in [3.63, 3.8) is 0 Å². The van der Waals surface area contributed by atoms with Crippen LogP contribution in [0.2, 0.25) is 0 Å². The molecule has 21 heavy (non-hydrogen) atoms. The molecule has 1 aliphatic carbocycles. The molecule has 0 unspecified atom stereocenters. The predicted molar refractivity (Wildman–Crippen MR) is 86.3 cm³/mol. The Morgan fingerprint density at radius 2 is 2.14 bits per heavy atom. The van der Waals surface area contributed by atoms with Crippen molar-refractivity contribution < 1.29 is 4.74 Å². The number of aryl methyl sites for hydroxylation is 3. The molecule has 1 fully saturated rings. The van der Waals surface area contributed by atoms with Crippen molar-refractivity contribution in [2.45, 2.75) is 51.6 Å². The first-order chi connectivity index (χ1) is 10.3. The second-order valence-electron chi connectivity index (χ2n) is 6.03. The summed E-state index contributed by atoms with van der Waals surface area (Å²) >= 11 is 1.86. The Balaban J connectivity index is 1.70. The zero-order chi connectivity index (χ0) is 14.2. The molecule has 0 radical (unpaired) electrons.